The van der Waals surface area contributed by atoms with Crippen LogP contribution in [0.15, 0.2) is 17.2 Å². The molecule has 0 spiro atoms. The van der Waals surface area contributed by atoms with Crippen LogP contribution >= 0.6 is 12.2 Å². The molecule has 0 radical (unpaired) electrons. The Morgan fingerprint density at radius 3 is 2.05 bits per heavy atom. The fourth-order valence-corrected chi connectivity index (χ4v) is 1.54. The van der Waals surface area contributed by atoms with Gasteiger partial charge in [0.1, 0.15) is 0 Å². The van der Waals surface area contributed by atoms with E-state index in [1.165, 1.54) is 0 Å². The Bertz CT molecular complexity index is 478. The summed E-state index contributed by atoms with van der Waals surface area (Å²) in [5, 5.41) is 4.15. The van der Waals surface area contributed by atoms with Crippen molar-refractivity contribution < 1.29 is 14.2 Å². The molecule has 19 heavy (non-hydrogen) atoms. The number of methoxy groups -OCH3 is 3. The molecule has 6 nitrogen and oxygen atoms in total. The lowest BCUT2D eigenvalue weighted by molar-refractivity contribution is 0.324. The van der Waals surface area contributed by atoms with Crippen molar-refractivity contribution in [2.75, 3.05) is 21.3 Å². The second-order valence-electron chi connectivity index (χ2n) is 3.59. The minimum Gasteiger partial charge on any atom is -0.493 e. The van der Waals surface area contributed by atoms with Crippen molar-refractivity contribution in [2.45, 2.75) is 6.92 Å². The largest absolute Gasteiger partial charge is 0.493 e. The highest BCUT2D eigenvalue weighted by Crippen LogP contribution is 2.38. The van der Waals surface area contributed by atoms with Crippen LogP contribution in [-0.2, 0) is 0 Å². The normalized spacial score (nSPS) is 10.8. The number of nitrogens with one attached hydrogen (secondary N) is 1. The molecule has 0 saturated heterocycles. The fourth-order valence-electron chi connectivity index (χ4n) is 1.49. The van der Waals surface area contributed by atoms with Gasteiger partial charge in [0.25, 0.3) is 0 Å². The van der Waals surface area contributed by atoms with E-state index < -0.39 is 0 Å². The number of thiocarbonyl (C=S) groups is 1. The standard InChI is InChI=1S/C12H17N3O3S/c1-7(14-15-12(13)19)8-5-9(16-2)11(18-4)10(6-8)17-3/h5-6H,1-4H3,(H3,13,15,19)/b14-7+. The highest BCUT2D eigenvalue weighted by Gasteiger charge is 2.14. The van der Waals surface area contributed by atoms with Crippen LogP contribution in [0.4, 0.5) is 0 Å². The summed E-state index contributed by atoms with van der Waals surface area (Å²) in [6.07, 6.45) is 0. The summed E-state index contributed by atoms with van der Waals surface area (Å²) >= 11 is 4.69. The van der Waals surface area contributed by atoms with Gasteiger partial charge in [0, 0.05) is 5.56 Å². The molecule has 0 aliphatic heterocycles. The van der Waals surface area contributed by atoms with Crippen LogP contribution in [0.1, 0.15) is 12.5 Å². The number of ether oxygens (including phenoxy) is 3. The molecular formula is C12H17N3O3S. The Morgan fingerprint density at radius 1 is 1.16 bits per heavy atom. The smallest absolute Gasteiger partial charge is 0.203 e. The Labute approximate surface area is 117 Å². The second-order valence-corrected chi connectivity index (χ2v) is 4.03. The van der Waals surface area contributed by atoms with Gasteiger partial charge in [0.2, 0.25) is 5.75 Å². The van der Waals surface area contributed by atoms with E-state index in [-0.39, 0.29) is 5.11 Å². The predicted octanol–water partition coefficient (Wildman–Crippen LogP) is 1.27. The number of hydrogen-bond donors (Lipinski definition) is 2. The van der Waals surface area contributed by atoms with Crippen LogP contribution < -0.4 is 25.4 Å². The highest BCUT2D eigenvalue weighted by atomic mass is 32.1. The molecular weight excluding hydrogens is 266 g/mol. The summed E-state index contributed by atoms with van der Waals surface area (Å²) in [5.74, 6) is 1.65. The Kier molecular flexibility index (Phi) is 5.37. The van der Waals surface area contributed by atoms with Crippen LogP contribution in [0.2, 0.25) is 0 Å². The third-order valence-corrected chi connectivity index (χ3v) is 2.51. The van der Waals surface area contributed by atoms with E-state index in [2.05, 4.69) is 10.5 Å². The molecule has 3 N–H and O–H groups in total. The molecule has 0 amide bonds. The zero-order valence-corrected chi connectivity index (χ0v) is 12.1. The Hall–Kier alpha value is -2.02. The minimum absolute atomic E-state index is 0.104. The number of benzene rings is 1. The van der Waals surface area contributed by atoms with Crippen LogP contribution in [0, 0.1) is 0 Å². The maximum atomic E-state index is 5.32. The quantitative estimate of drug-likeness (QED) is 0.481. The fraction of sp³-hybridized carbons (Fsp3) is 0.333. The summed E-state index contributed by atoms with van der Waals surface area (Å²) in [4.78, 5) is 0. The van der Waals surface area contributed by atoms with Gasteiger partial charge in [-0.2, -0.15) is 5.10 Å². The molecule has 0 fully saturated rings. The Balaban J connectivity index is 3.22. The third kappa shape index (κ3) is 3.72. The van der Waals surface area contributed by atoms with Gasteiger partial charge in [0.05, 0.1) is 27.0 Å². The van der Waals surface area contributed by atoms with Crippen molar-refractivity contribution in [1.82, 2.24) is 5.43 Å². The lowest BCUT2D eigenvalue weighted by atomic mass is 10.1. The molecule has 1 rings (SSSR count). The molecule has 7 heteroatoms. The highest BCUT2D eigenvalue weighted by molar-refractivity contribution is 7.80. The summed E-state index contributed by atoms with van der Waals surface area (Å²) in [6, 6.07) is 3.59. The van der Waals surface area contributed by atoms with Crippen molar-refractivity contribution in [1.29, 1.82) is 0 Å². The van der Waals surface area contributed by atoms with Gasteiger partial charge >= 0.3 is 0 Å². The average molecular weight is 283 g/mol. The number of rotatable bonds is 5. The molecule has 0 bridgehead atoms. The molecule has 0 aliphatic rings. The van der Waals surface area contributed by atoms with Gasteiger partial charge in [0.15, 0.2) is 16.6 Å². The maximum absolute atomic E-state index is 5.32. The molecule has 0 aliphatic carbocycles. The van der Waals surface area contributed by atoms with E-state index in [1.54, 1.807) is 33.5 Å². The third-order valence-electron chi connectivity index (χ3n) is 2.42. The van der Waals surface area contributed by atoms with Gasteiger partial charge in [-0.05, 0) is 31.3 Å². The van der Waals surface area contributed by atoms with Crippen molar-refractivity contribution in [3.05, 3.63) is 17.7 Å². The van der Waals surface area contributed by atoms with Crippen LogP contribution in [0.5, 0.6) is 17.2 Å². The topological polar surface area (TPSA) is 78.1 Å². The molecule has 1 aromatic rings. The molecule has 0 saturated carbocycles. The summed E-state index contributed by atoms with van der Waals surface area (Å²) in [6.45, 7) is 1.81. The van der Waals surface area contributed by atoms with Crippen molar-refractivity contribution >= 4 is 23.0 Å². The van der Waals surface area contributed by atoms with Crippen molar-refractivity contribution in [2.24, 2.45) is 10.8 Å². The van der Waals surface area contributed by atoms with Gasteiger partial charge in [-0.15, -0.1) is 0 Å². The molecule has 0 heterocycles. The van der Waals surface area contributed by atoms with E-state index in [0.29, 0.717) is 23.0 Å². The number of nitrogens with two attached hydrogens (primary N) is 1. The molecule has 1 aromatic carbocycles. The van der Waals surface area contributed by atoms with E-state index >= 15 is 0 Å². The van der Waals surface area contributed by atoms with Crippen LogP contribution in [0.3, 0.4) is 0 Å². The molecule has 0 atom stereocenters. The number of nitrogens with zero attached hydrogens (tertiary/aromatic N) is 1. The lowest BCUT2D eigenvalue weighted by Gasteiger charge is -2.14. The first-order chi connectivity index (χ1) is 9.03. The monoisotopic (exact) mass is 283 g/mol. The summed E-state index contributed by atoms with van der Waals surface area (Å²) in [7, 11) is 4.66. The number of hydrazone groups is 1. The lowest BCUT2D eigenvalue weighted by Crippen LogP contribution is -2.25. The first kappa shape index (κ1) is 15.0. The van der Waals surface area contributed by atoms with Crippen molar-refractivity contribution in [3.8, 4) is 17.2 Å². The minimum atomic E-state index is 0.104. The van der Waals surface area contributed by atoms with E-state index in [1.807, 2.05) is 6.92 Å². The van der Waals surface area contributed by atoms with Gasteiger partial charge in [-0.25, -0.2) is 0 Å². The molecule has 0 aromatic heterocycles. The molecule has 0 unspecified atom stereocenters. The van der Waals surface area contributed by atoms with Crippen LogP contribution in [0.25, 0.3) is 0 Å². The first-order valence-electron chi connectivity index (χ1n) is 5.43. The zero-order valence-electron chi connectivity index (χ0n) is 11.3. The molecule has 104 valence electrons. The predicted molar refractivity (Wildman–Crippen MR) is 78.2 cm³/mol. The van der Waals surface area contributed by atoms with Gasteiger partial charge in [-0.1, -0.05) is 0 Å². The van der Waals surface area contributed by atoms with E-state index in [9.17, 15) is 0 Å². The average Bonchev–Trinajstić information content (AvgIpc) is 2.42. The summed E-state index contributed by atoms with van der Waals surface area (Å²) < 4.78 is 15.8. The van der Waals surface area contributed by atoms with Crippen LogP contribution in [-0.4, -0.2) is 32.2 Å². The number of hydrogen-bond acceptors (Lipinski definition) is 5. The maximum Gasteiger partial charge on any atom is 0.203 e. The van der Waals surface area contributed by atoms with E-state index in [4.69, 9.17) is 32.2 Å². The first-order valence-corrected chi connectivity index (χ1v) is 5.84. The Morgan fingerprint density at radius 2 is 1.68 bits per heavy atom. The van der Waals surface area contributed by atoms with Gasteiger partial charge in [-0.3, -0.25) is 5.43 Å². The van der Waals surface area contributed by atoms with Crippen molar-refractivity contribution in [3.63, 3.8) is 0 Å². The zero-order chi connectivity index (χ0) is 14.4. The van der Waals surface area contributed by atoms with E-state index in [0.717, 1.165) is 5.56 Å². The van der Waals surface area contributed by atoms with Gasteiger partial charge < -0.3 is 19.9 Å². The second kappa shape index (κ2) is 6.79. The SMILES string of the molecule is COc1cc(/C(C)=N/NC(N)=S)cc(OC)c1OC. The summed E-state index contributed by atoms with van der Waals surface area (Å²) in [5.41, 5.74) is 9.34.